The van der Waals surface area contributed by atoms with Gasteiger partial charge in [0.15, 0.2) is 23.6 Å². The summed E-state index contributed by atoms with van der Waals surface area (Å²) in [6.07, 6.45) is 1.52. The maximum atomic E-state index is 12.9. The number of aromatic nitrogens is 1. The minimum Gasteiger partial charge on any atom is -0.454 e. The summed E-state index contributed by atoms with van der Waals surface area (Å²) >= 11 is 0. The molecule has 3 aliphatic heterocycles. The zero-order chi connectivity index (χ0) is 20.9. The van der Waals surface area contributed by atoms with Crippen LogP contribution in [-0.2, 0) is 11.2 Å². The monoisotopic (exact) mass is 413 g/mol. The number of amides is 2. The lowest BCUT2D eigenvalue weighted by atomic mass is 9.82. The Morgan fingerprint density at radius 2 is 1.97 bits per heavy atom. The molecule has 2 aromatic rings. The lowest BCUT2D eigenvalue weighted by molar-refractivity contribution is -0.130. The number of ether oxygens (including phenoxy) is 2. The van der Waals surface area contributed by atoms with Crippen LogP contribution in [0, 0.1) is 18.3 Å². The second kappa shape index (κ2) is 7.02. The van der Waals surface area contributed by atoms with E-state index in [1.54, 1.807) is 16.7 Å². The number of benzene rings is 1. The van der Waals surface area contributed by atoms with Crippen LogP contribution in [0.2, 0.25) is 0 Å². The van der Waals surface area contributed by atoms with Crippen molar-refractivity contribution in [2.24, 2.45) is 11.3 Å². The van der Waals surface area contributed by atoms with Crippen LogP contribution in [0.4, 0.5) is 0 Å². The topological polar surface area (TPSA) is 105 Å². The van der Waals surface area contributed by atoms with E-state index < -0.39 is 5.41 Å². The van der Waals surface area contributed by atoms with E-state index in [1.165, 1.54) is 6.39 Å². The molecule has 2 atom stereocenters. The summed E-state index contributed by atoms with van der Waals surface area (Å²) in [5.41, 5.74) is 0.661. The summed E-state index contributed by atoms with van der Waals surface area (Å²) in [5, 5.41) is 10.2. The molecule has 1 aromatic heterocycles. The minimum absolute atomic E-state index is 0.00122. The number of aliphatic hydroxyl groups excluding tert-OH is 1. The van der Waals surface area contributed by atoms with E-state index in [2.05, 4.69) is 4.98 Å². The molecular weight excluding hydrogens is 390 g/mol. The largest absolute Gasteiger partial charge is 0.454 e. The Morgan fingerprint density at radius 1 is 1.20 bits per heavy atom. The fourth-order valence-electron chi connectivity index (χ4n) is 4.75. The molecule has 0 spiro atoms. The molecule has 9 nitrogen and oxygen atoms in total. The van der Waals surface area contributed by atoms with Crippen LogP contribution in [0.25, 0.3) is 0 Å². The van der Waals surface area contributed by atoms with E-state index >= 15 is 0 Å². The third kappa shape index (κ3) is 3.00. The first kappa shape index (κ1) is 18.9. The zero-order valence-corrected chi connectivity index (χ0v) is 16.7. The second-order valence-corrected chi connectivity index (χ2v) is 8.30. The van der Waals surface area contributed by atoms with Gasteiger partial charge in [0.25, 0.3) is 5.91 Å². The molecule has 9 heteroatoms. The van der Waals surface area contributed by atoms with E-state index in [9.17, 15) is 14.7 Å². The van der Waals surface area contributed by atoms with Crippen LogP contribution in [0.15, 0.2) is 29.0 Å². The van der Waals surface area contributed by atoms with Crippen LogP contribution >= 0.6 is 0 Å². The maximum absolute atomic E-state index is 12.9. The lowest BCUT2D eigenvalue weighted by Gasteiger charge is -2.27. The van der Waals surface area contributed by atoms with E-state index in [4.69, 9.17) is 13.9 Å². The first-order chi connectivity index (χ1) is 14.5. The molecule has 2 fully saturated rings. The molecule has 2 saturated heterocycles. The van der Waals surface area contributed by atoms with E-state index in [0.29, 0.717) is 49.1 Å². The molecule has 0 aliphatic carbocycles. The van der Waals surface area contributed by atoms with Gasteiger partial charge in [-0.3, -0.25) is 9.59 Å². The summed E-state index contributed by atoms with van der Waals surface area (Å²) in [5.74, 6) is 1.66. The first-order valence-corrected chi connectivity index (χ1v) is 9.95. The molecule has 1 aromatic carbocycles. The average molecular weight is 413 g/mol. The molecule has 3 aliphatic rings. The van der Waals surface area contributed by atoms with Crippen molar-refractivity contribution in [3.8, 4) is 11.5 Å². The van der Waals surface area contributed by atoms with Crippen molar-refractivity contribution >= 4 is 11.8 Å². The van der Waals surface area contributed by atoms with Gasteiger partial charge in [-0.2, -0.15) is 0 Å². The molecular formula is C21H23N3O6. The number of fused-ring (bicyclic) bond motifs is 2. The van der Waals surface area contributed by atoms with Crippen molar-refractivity contribution in [1.82, 2.24) is 14.8 Å². The fourth-order valence-corrected chi connectivity index (χ4v) is 4.75. The van der Waals surface area contributed by atoms with E-state index in [0.717, 1.165) is 5.56 Å². The molecule has 0 bridgehead atoms. The van der Waals surface area contributed by atoms with Gasteiger partial charge in [0, 0.05) is 37.5 Å². The normalized spacial score (nSPS) is 24.4. The Balaban J connectivity index is 1.26. The third-order valence-corrected chi connectivity index (χ3v) is 6.45. The number of hydrogen-bond donors (Lipinski definition) is 1. The van der Waals surface area contributed by atoms with Crippen LogP contribution in [0.3, 0.4) is 0 Å². The van der Waals surface area contributed by atoms with Crippen molar-refractivity contribution in [2.75, 3.05) is 39.6 Å². The molecule has 158 valence electrons. The quantitative estimate of drug-likeness (QED) is 0.792. The molecule has 4 heterocycles. The number of oxazole rings is 1. The highest BCUT2D eigenvalue weighted by Crippen LogP contribution is 2.43. The summed E-state index contributed by atoms with van der Waals surface area (Å²) in [7, 11) is 0. The van der Waals surface area contributed by atoms with Crippen molar-refractivity contribution in [1.29, 1.82) is 0 Å². The number of likely N-dealkylation sites (tertiary alicyclic amines) is 2. The predicted molar refractivity (Wildman–Crippen MR) is 103 cm³/mol. The fraction of sp³-hybridized carbons (Fsp3) is 0.476. The van der Waals surface area contributed by atoms with Gasteiger partial charge in [-0.15, -0.1) is 0 Å². The predicted octanol–water partition coefficient (Wildman–Crippen LogP) is 0.847. The summed E-state index contributed by atoms with van der Waals surface area (Å²) in [6, 6.07) is 5.51. The highest BCUT2D eigenvalue weighted by Gasteiger charge is 2.54. The molecule has 0 saturated carbocycles. The van der Waals surface area contributed by atoms with E-state index in [1.807, 2.05) is 18.2 Å². The number of carbonyl (C=O) groups is 2. The van der Waals surface area contributed by atoms with Crippen LogP contribution in [0.5, 0.6) is 11.5 Å². The standard InChI is InChI=1S/C21H23N3O6/c1-13-19(22-11-28-13)20(27)24-7-15-6-23(8-21(15,9-24)10-25)18(26)5-14-2-3-16-17(4-14)30-12-29-16/h2-4,11,15,25H,5-10,12H2,1H3/t15-,21+/m1/s1. The van der Waals surface area contributed by atoms with Crippen LogP contribution < -0.4 is 9.47 Å². The zero-order valence-electron chi connectivity index (χ0n) is 16.7. The van der Waals surface area contributed by atoms with Gasteiger partial charge in [-0.25, -0.2) is 4.98 Å². The number of aryl methyl sites for hydroxylation is 1. The smallest absolute Gasteiger partial charge is 0.276 e. The Labute approximate surface area is 173 Å². The van der Waals surface area contributed by atoms with Gasteiger partial charge in [-0.05, 0) is 24.6 Å². The van der Waals surface area contributed by atoms with Crippen molar-refractivity contribution in [3.63, 3.8) is 0 Å². The summed E-state index contributed by atoms with van der Waals surface area (Å²) in [6.45, 7) is 3.66. The highest BCUT2D eigenvalue weighted by atomic mass is 16.7. The summed E-state index contributed by atoms with van der Waals surface area (Å²) in [4.78, 5) is 33.2. The van der Waals surface area contributed by atoms with Gasteiger partial charge < -0.3 is 28.8 Å². The van der Waals surface area contributed by atoms with E-state index in [-0.39, 0.29) is 37.6 Å². The van der Waals surface area contributed by atoms with Crippen LogP contribution in [0.1, 0.15) is 21.8 Å². The Bertz CT molecular complexity index is 1000. The lowest BCUT2D eigenvalue weighted by Crippen LogP contribution is -2.41. The number of hydrogen-bond acceptors (Lipinski definition) is 7. The number of carbonyl (C=O) groups excluding carboxylic acids is 2. The Kier molecular flexibility index (Phi) is 4.43. The van der Waals surface area contributed by atoms with Crippen molar-refractivity contribution < 1.29 is 28.6 Å². The Morgan fingerprint density at radius 3 is 2.70 bits per heavy atom. The Hall–Kier alpha value is -3.07. The van der Waals surface area contributed by atoms with Gasteiger partial charge in [0.2, 0.25) is 12.7 Å². The number of nitrogens with zero attached hydrogens (tertiary/aromatic N) is 3. The van der Waals surface area contributed by atoms with Gasteiger partial charge in [0.05, 0.1) is 13.0 Å². The van der Waals surface area contributed by atoms with Crippen LogP contribution in [-0.4, -0.2) is 71.3 Å². The van der Waals surface area contributed by atoms with Gasteiger partial charge >= 0.3 is 0 Å². The molecule has 5 rings (SSSR count). The molecule has 1 N–H and O–H groups in total. The minimum atomic E-state index is -0.502. The maximum Gasteiger partial charge on any atom is 0.276 e. The number of rotatable bonds is 4. The van der Waals surface area contributed by atoms with Gasteiger partial charge in [0.1, 0.15) is 5.76 Å². The van der Waals surface area contributed by atoms with Crippen molar-refractivity contribution in [3.05, 3.63) is 41.6 Å². The average Bonchev–Trinajstić information content (AvgIpc) is 3.49. The SMILES string of the molecule is Cc1ocnc1C(=O)N1C[C@H]2CN(C(=O)Cc3ccc4c(c3)OCO4)C[C@@]2(CO)C1. The number of aliphatic hydroxyl groups is 1. The molecule has 0 unspecified atom stereocenters. The van der Waals surface area contributed by atoms with Gasteiger partial charge in [-0.1, -0.05) is 6.07 Å². The molecule has 0 radical (unpaired) electrons. The highest BCUT2D eigenvalue weighted by molar-refractivity contribution is 5.93. The van der Waals surface area contributed by atoms with Crippen molar-refractivity contribution in [2.45, 2.75) is 13.3 Å². The third-order valence-electron chi connectivity index (χ3n) is 6.45. The first-order valence-electron chi connectivity index (χ1n) is 9.95. The summed E-state index contributed by atoms with van der Waals surface area (Å²) < 4.78 is 15.8. The molecule has 30 heavy (non-hydrogen) atoms. The second-order valence-electron chi connectivity index (χ2n) is 8.30. The molecule has 2 amide bonds.